The molecule has 0 saturated carbocycles. The number of furan rings is 1. The molecule has 3 aromatic rings. The van der Waals surface area contributed by atoms with E-state index < -0.39 is 5.91 Å². The van der Waals surface area contributed by atoms with Crippen LogP contribution < -0.4 is 21.7 Å². The fourth-order valence-electron chi connectivity index (χ4n) is 3.21. The number of hydrogen-bond donors (Lipinski definition) is 2. The number of carbonyl (C=O) groups is 1. The van der Waals surface area contributed by atoms with Gasteiger partial charge < -0.3 is 9.32 Å². The summed E-state index contributed by atoms with van der Waals surface area (Å²) < 4.78 is 7.15. The Labute approximate surface area is 156 Å². The maximum Gasteiger partial charge on any atom is 0.271 e. The molecular weight excluding hydrogens is 346 g/mol. The van der Waals surface area contributed by atoms with Gasteiger partial charge in [0.05, 0.1) is 11.3 Å². The van der Waals surface area contributed by atoms with Crippen LogP contribution in [0.1, 0.15) is 35.5 Å². The van der Waals surface area contributed by atoms with Gasteiger partial charge in [-0.3, -0.25) is 15.0 Å². The Kier molecular flexibility index (Phi) is 5.00. The van der Waals surface area contributed by atoms with Crippen LogP contribution in [0.5, 0.6) is 0 Å². The van der Waals surface area contributed by atoms with Crippen LogP contribution in [-0.2, 0) is 0 Å². The molecule has 142 valence electrons. The van der Waals surface area contributed by atoms with Crippen molar-refractivity contribution < 1.29 is 9.21 Å². The summed E-state index contributed by atoms with van der Waals surface area (Å²) in [6.07, 6.45) is 0. The zero-order valence-corrected chi connectivity index (χ0v) is 15.9. The first kappa shape index (κ1) is 18.7. The maximum absolute atomic E-state index is 13.5. The smallest absolute Gasteiger partial charge is 0.271 e. The van der Waals surface area contributed by atoms with E-state index in [1.165, 1.54) is 4.57 Å². The van der Waals surface area contributed by atoms with Crippen molar-refractivity contribution in [3.8, 4) is 5.69 Å². The molecule has 0 unspecified atom stereocenters. The fraction of sp³-hybridized carbons (Fsp3) is 0.316. The molecule has 3 N–H and O–H groups in total. The van der Waals surface area contributed by atoms with Gasteiger partial charge in [0, 0.05) is 13.1 Å². The van der Waals surface area contributed by atoms with Gasteiger partial charge >= 0.3 is 0 Å². The van der Waals surface area contributed by atoms with E-state index in [9.17, 15) is 9.59 Å². The normalized spacial score (nSPS) is 11.0. The number of nitrogen functional groups attached to an aromatic ring is 1. The van der Waals surface area contributed by atoms with Crippen LogP contribution in [0, 0.1) is 13.8 Å². The monoisotopic (exact) mass is 369 g/mol. The summed E-state index contributed by atoms with van der Waals surface area (Å²) in [7, 11) is 0. The van der Waals surface area contributed by atoms with E-state index in [0.717, 1.165) is 5.56 Å². The Hall–Kier alpha value is -3.13. The molecule has 0 radical (unpaired) electrons. The number of rotatable bonds is 5. The minimum absolute atomic E-state index is 0.109. The van der Waals surface area contributed by atoms with E-state index >= 15 is 0 Å². The highest BCUT2D eigenvalue weighted by molar-refractivity contribution is 6.06. The first-order valence-corrected chi connectivity index (χ1v) is 8.81. The zero-order chi connectivity index (χ0) is 19.7. The van der Waals surface area contributed by atoms with Gasteiger partial charge in [-0.1, -0.05) is 12.1 Å². The Balaban J connectivity index is 2.46. The second-order valence-electron chi connectivity index (χ2n) is 6.25. The van der Waals surface area contributed by atoms with Crippen LogP contribution in [0.2, 0.25) is 0 Å². The molecule has 0 aliphatic carbocycles. The summed E-state index contributed by atoms with van der Waals surface area (Å²) in [6.45, 7) is 8.86. The van der Waals surface area contributed by atoms with Gasteiger partial charge in [-0.2, -0.15) is 4.98 Å². The number of aromatic nitrogens is 2. The van der Waals surface area contributed by atoms with Crippen molar-refractivity contribution in [2.24, 2.45) is 5.84 Å². The van der Waals surface area contributed by atoms with E-state index in [-0.39, 0.29) is 22.2 Å². The van der Waals surface area contributed by atoms with E-state index in [1.54, 1.807) is 6.92 Å². The van der Waals surface area contributed by atoms with Crippen molar-refractivity contribution in [3.05, 3.63) is 51.5 Å². The molecule has 8 heteroatoms. The molecule has 2 heterocycles. The number of hydrogen-bond acceptors (Lipinski definition) is 6. The number of carbonyl (C=O) groups excluding carboxylic acids is 1. The third-order valence-corrected chi connectivity index (χ3v) is 4.55. The van der Waals surface area contributed by atoms with Gasteiger partial charge in [-0.15, -0.1) is 0 Å². The first-order valence-electron chi connectivity index (χ1n) is 8.81. The number of benzene rings is 1. The average molecular weight is 369 g/mol. The van der Waals surface area contributed by atoms with Gasteiger partial charge in [0.25, 0.3) is 11.5 Å². The molecule has 1 aromatic carbocycles. The van der Waals surface area contributed by atoms with E-state index in [4.69, 9.17) is 10.3 Å². The summed E-state index contributed by atoms with van der Waals surface area (Å²) >= 11 is 0. The Morgan fingerprint density at radius 3 is 2.59 bits per heavy atom. The number of anilines is 1. The standard InChI is InChI=1S/C19H23N5O3/c1-5-23(6-2)19-21-17-15(14(12(4)27-17)16(25)22-20)18(26)24(19)13-9-7-8-11(3)10-13/h7-10H,5-6,20H2,1-4H3,(H,22,25). The van der Waals surface area contributed by atoms with Gasteiger partial charge in [0.1, 0.15) is 11.1 Å². The average Bonchev–Trinajstić information content (AvgIpc) is 2.98. The lowest BCUT2D eigenvalue weighted by molar-refractivity contribution is 0.0953. The van der Waals surface area contributed by atoms with Gasteiger partial charge in [0.2, 0.25) is 11.7 Å². The quantitative estimate of drug-likeness (QED) is 0.405. The van der Waals surface area contributed by atoms with Crippen LogP contribution in [0.25, 0.3) is 16.8 Å². The Morgan fingerprint density at radius 2 is 2.00 bits per heavy atom. The molecule has 0 fully saturated rings. The van der Waals surface area contributed by atoms with Crippen LogP contribution in [0.4, 0.5) is 5.95 Å². The van der Waals surface area contributed by atoms with Crippen LogP contribution in [0.3, 0.4) is 0 Å². The van der Waals surface area contributed by atoms with Gasteiger partial charge in [0.15, 0.2) is 0 Å². The second kappa shape index (κ2) is 7.24. The molecule has 0 aliphatic heterocycles. The summed E-state index contributed by atoms with van der Waals surface area (Å²) in [5.41, 5.74) is 3.62. The van der Waals surface area contributed by atoms with Crippen LogP contribution in [-0.4, -0.2) is 28.5 Å². The van der Waals surface area contributed by atoms with Crippen molar-refractivity contribution >= 4 is 23.0 Å². The maximum atomic E-state index is 13.5. The lowest BCUT2D eigenvalue weighted by Gasteiger charge is -2.23. The highest BCUT2D eigenvalue weighted by Crippen LogP contribution is 2.25. The lowest BCUT2D eigenvalue weighted by atomic mass is 10.1. The number of nitrogens with zero attached hydrogens (tertiary/aromatic N) is 3. The Bertz CT molecular complexity index is 1060. The topological polar surface area (TPSA) is 106 Å². The molecule has 0 atom stereocenters. The minimum Gasteiger partial charge on any atom is -0.442 e. The van der Waals surface area contributed by atoms with Crippen molar-refractivity contribution in [2.75, 3.05) is 18.0 Å². The number of aryl methyl sites for hydroxylation is 2. The third-order valence-electron chi connectivity index (χ3n) is 4.55. The molecule has 27 heavy (non-hydrogen) atoms. The molecule has 1 amide bonds. The molecular formula is C19H23N5O3. The first-order chi connectivity index (χ1) is 12.9. The highest BCUT2D eigenvalue weighted by Gasteiger charge is 2.26. The van der Waals surface area contributed by atoms with E-state index in [2.05, 4.69) is 10.4 Å². The fourth-order valence-corrected chi connectivity index (χ4v) is 3.21. The van der Waals surface area contributed by atoms with E-state index in [0.29, 0.717) is 30.5 Å². The van der Waals surface area contributed by atoms with E-state index in [1.807, 2.05) is 49.9 Å². The summed E-state index contributed by atoms with van der Waals surface area (Å²) in [4.78, 5) is 32.2. The van der Waals surface area contributed by atoms with Crippen molar-refractivity contribution in [3.63, 3.8) is 0 Å². The summed E-state index contributed by atoms with van der Waals surface area (Å²) in [5.74, 6) is 5.46. The third kappa shape index (κ3) is 3.08. The predicted octanol–water partition coefficient (Wildman–Crippen LogP) is 2.05. The SMILES string of the molecule is CCN(CC)c1nc2oc(C)c(C(=O)NN)c2c(=O)n1-c1cccc(C)c1. The predicted molar refractivity (Wildman–Crippen MR) is 104 cm³/mol. The molecule has 2 aromatic heterocycles. The molecule has 0 spiro atoms. The molecule has 3 rings (SSSR count). The highest BCUT2D eigenvalue weighted by atomic mass is 16.3. The lowest BCUT2D eigenvalue weighted by Crippen LogP contribution is -2.34. The largest absolute Gasteiger partial charge is 0.442 e. The number of nitrogens with two attached hydrogens (primary N) is 1. The zero-order valence-electron chi connectivity index (χ0n) is 15.9. The van der Waals surface area contributed by atoms with Gasteiger partial charge in [-0.25, -0.2) is 10.4 Å². The molecule has 0 aliphatic rings. The molecule has 0 saturated heterocycles. The van der Waals surface area contributed by atoms with Crippen LogP contribution >= 0.6 is 0 Å². The van der Waals surface area contributed by atoms with Crippen LogP contribution in [0.15, 0.2) is 33.5 Å². The minimum atomic E-state index is -0.587. The number of hydrazine groups is 1. The Morgan fingerprint density at radius 1 is 1.30 bits per heavy atom. The number of amides is 1. The second-order valence-corrected chi connectivity index (χ2v) is 6.25. The summed E-state index contributed by atoms with van der Waals surface area (Å²) in [5, 5.41) is 0.118. The van der Waals surface area contributed by atoms with Crippen molar-refractivity contribution in [1.82, 2.24) is 15.0 Å². The molecule has 8 nitrogen and oxygen atoms in total. The molecule has 0 bridgehead atoms. The van der Waals surface area contributed by atoms with Crippen molar-refractivity contribution in [2.45, 2.75) is 27.7 Å². The number of fused-ring (bicyclic) bond motifs is 1. The van der Waals surface area contributed by atoms with Crippen molar-refractivity contribution in [1.29, 1.82) is 0 Å². The summed E-state index contributed by atoms with van der Waals surface area (Å²) in [6, 6.07) is 7.57. The number of nitrogens with one attached hydrogen (secondary N) is 1. The van der Waals surface area contributed by atoms with Gasteiger partial charge in [-0.05, 0) is 45.4 Å².